The number of nitrogens with zero attached hydrogens (tertiary/aromatic N) is 2. The van der Waals surface area contributed by atoms with Gasteiger partial charge in [-0.25, -0.2) is 0 Å². The first-order valence-electron chi connectivity index (χ1n) is 8.45. The van der Waals surface area contributed by atoms with Crippen LogP contribution in [0.3, 0.4) is 0 Å². The molecule has 0 bridgehead atoms. The zero-order valence-corrected chi connectivity index (χ0v) is 14.9. The fourth-order valence-corrected chi connectivity index (χ4v) is 4.26. The molecule has 130 valence electrons. The van der Waals surface area contributed by atoms with Crippen molar-refractivity contribution >= 4 is 23.6 Å². The summed E-state index contributed by atoms with van der Waals surface area (Å²) < 4.78 is 5.36. The van der Waals surface area contributed by atoms with Crippen molar-refractivity contribution < 1.29 is 14.3 Å². The van der Waals surface area contributed by atoms with E-state index in [2.05, 4.69) is 0 Å². The molecular formula is C18H24N2O3S. The highest BCUT2D eigenvalue weighted by Crippen LogP contribution is 2.24. The molecule has 2 saturated heterocycles. The summed E-state index contributed by atoms with van der Waals surface area (Å²) in [7, 11) is 1.66. The number of thioether (sulfide) groups is 1. The SMILES string of the molecule is COc1ccccc1CCN1C[C@H](C(=O)N2CCSCC2)CC1=O. The van der Waals surface area contributed by atoms with Gasteiger partial charge in [0.05, 0.1) is 13.0 Å². The van der Waals surface area contributed by atoms with E-state index in [1.165, 1.54) is 0 Å². The molecule has 1 atom stereocenters. The predicted molar refractivity (Wildman–Crippen MR) is 95.3 cm³/mol. The number of likely N-dealkylation sites (tertiary alicyclic amines) is 1. The maximum Gasteiger partial charge on any atom is 0.228 e. The minimum absolute atomic E-state index is 0.0923. The van der Waals surface area contributed by atoms with Crippen LogP contribution in [-0.2, 0) is 16.0 Å². The first-order valence-corrected chi connectivity index (χ1v) is 9.60. The first-order chi connectivity index (χ1) is 11.7. The number of rotatable bonds is 5. The maximum absolute atomic E-state index is 12.6. The highest BCUT2D eigenvalue weighted by molar-refractivity contribution is 7.99. The van der Waals surface area contributed by atoms with E-state index in [-0.39, 0.29) is 17.7 Å². The van der Waals surface area contributed by atoms with E-state index < -0.39 is 0 Å². The van der Waals surface area contributed by atoms with E-state index >= 15 is 0 Å². The second-order valence-corrected chi connectivity index (χ2v) is 7.47. The molecule has 2 amide bonds. The summed E-state index contributed by atoms with van der Waals surface area (Å²) in [5.74, 6) is 2.94. The van der Waals surface area contributed by atoms with Gasteiger partial charge in [0.2, 0.25) is 11.8 Å². The summed E-state index contributed by atoms with van der Waals surface area (Å²) in [6, 6.07) is 7.87. The third-order valence-electron chi connectivity index (χ3n) is 4.73. The van der Waals surface area contributed by atoms with E-state index in [0.29, 0.717) is 19.5 Å². The predicted octanol–water partition coefficient (Wildman–Crippen LogP) is 1.66. The maximum atomic E-state index is 12.6. The summed E-state index contributed by atoms with van der Waals surface area (Å²) in [6.45, 7) is 2.82. The van der Waals surface area contributed by atoms with Gasteiger partial charge in [-0.2, -0.15) is 11.8 Å². The van der Waals surface area contributed by atoms with Crippen molar-refractivity contribution in [1.29, 1.82) is 0 Å². The van der Waals surface area contributed by atoms with Gasteiger partial charge < -0.3 is 14.5 Å². The quantitative estimate of drug-likeness (QED) is 0.812. The minimum atomic E-state index is -0.168. The number of carbonyl (C=O) groups excluding carboxylic acids is 2. The Kier molecular flexibility index (Phi) is 5.66. The molecule has 0 saturated carbocycles. The fourth-order valence-electron chi connectivity index (χ4n) is 3.36. The molecule has 2 aliphatic rings. The Bertz CT molecular complexity index is 602. The number of amides is 2. The van der Waals surface area contributed by atoms with E-state index in [1.807, 2.05) is 45.8 Å². The van der Waals surface area contributed by atoms with Gasteiger partial charge in [-0.3, -0.25) is 9.59 Å². The van der Waals surface area contributed by atoms with E-state index in [0.717, 1.165) is 42.3 Å². The molecule has 0 aliphatic carbocycles. The standard InChI is InChI=1S/C18H24N2O3S/c1-23-16-5-3-2-4-14(16)6-7-20-13-15(12-17(20)21)18(22)19-8-10-24-11-9-19/h2-5,15H,6-13H2,1H3/t15-/m1/s1. The van der Waals surface area contributed by atoms with Gasteiger partial charge in [0.25, 0.3) is 0 Å². The lowest BCUT2D eigenvalue weighted by atomic mass is 10.1. The average Bonchev–Trinajstić information content (AvgIpc) is 3.01. The van der Waals surface area contributed by atoms with Crippen molar-refractivity contribution in [1.82, 2.24) is 9.80 Å². The van der Waals surface area contributed by atoms with Gasteiger partial charge in [0, 0.05) is 44.1 Å². The van der Waals surface area contributed by atoms with Gasteiger partial charge in [0.1, 0.15) is 5.75 Å². The van der Waals surface area contributed by atoms with Crippen molar-refractivity contribution in [2.45, 2.75) is 12.8 Å². The van der Waals surface area contributed by atoms with Crippen LogP contribution in [0.4, 0.5) is 0 Å². The van der Waals surface area contributed by atoms with E-state index in [9.17, 15) is 9.59 Å². The van der Waals surface area contributed by atoms with Gasteiger partial charge in [0.15, 0.2) is 0 Å². The largest absolute Gasteiger partial charge is 0.496 e. The number of ether oxygens (including phenoxy) is 1. The van der Waals surface area contributed by atoms with Crippen LogP contribution in [0, 0.1) is 5.92 Å². The summed E-state index contributed by atoms with van der Waals surface area (Å²) in [4.78, 5) is 28.6. The molecule has 0 unspecified atom stereocenters. The van der Waals surface area contributed by atoms with Crippen molar-refractivity contribution in [2.75, 3.05) is 44.8 Å². The van der Waals surface area contributed by atoms with Crippen molar-refractivity contribution in [3.8, 4) is 5.75 Å². The number of benzene rings is 1. The highest BCUT2D eigenvalue weighted by Gasteiger charge is 2.36. The summed E-state index contributed by atoms with van der Waals surface area (Å²) in [5, 5.41) is 0. The molecule has 2 aliphatic heterocycles. The molecule has 0 radical (unpaired) electrons. The van der Waals surface area contributed by atoms with Crippen molar-refractivity contribution in [3.05, 3.63) is 29.8 Å². The Morgan fingerprint density at radius 3 is 2.79 bits per heavy atom. The van der Waals surface area contributed by atoms with Crippen molar-refractivity contribution in [2.24, 2.45) is 5.92 Å². The zero-order valence-electron chi connectivity index (χ0n) is 14.1. The Labute approximate surface area is 147 Å². The minimum Gasteiger partial charge on any atom is -0.496 e. The second kappa shape index (κ2) is 7.92. The zero-order chi connectivity index (χ0) is 16.9. The number of hydrogen-bond acceptors (Lipinski definition) is 4. The van der Waals surface area contributed by atoms with Gasteiger partial charge in [-0.15, -0.1) is 0 Å². The molecule has 5 nitrogen and oxygen atoms in total. The molecule has 2 heterocycles. The molecule has 1 aromatic rings. The fraction of sp³-hybridized carbons (Fsp3) is 0.556. The number of methoxy groups -OCH3 is 1. The third kappa shape index (κ3) is 3.86. The van der Waals surface area contributed by atoms with Crippen LogP contribution in [0.5, 0.6) is 5.75 Å². The monoisotopic (exact) mass is 348 g/mol. The molecule has 24 heavy (non-hydrogen) atoms. The number of carbonyl (C=O) groups is 2. The molecule has 2 fully saturated rings. The molecule has 0 aromatic heterocycles. The topological polar surface area (TPSA) is 49.9 Å². The lowest BCUT2D eigenvalue weighted by molar-refractivity contribution is -0.135. The van der Waals surface area contributed by atoms with Crippen LogP contribution in [0.25, 0.3) is 0 Å². The van der Waals surface area contributed by atoms with Gasteiger partial charge >= 0.3 is 0 Å². The van der Waals surface area contributed by atoms with Crippen LogP contribution < -0.4 is 4.74 Å². The Hall–Kier alpha value is -1.69. The smallest absolute Gasteiger partial charge is 0.228 e. The molecule has 3 rings (SSSR count). The van der Waals surface area contributed by atoms with E-state index in [4.69, 9.17) is 4.74 Å². The lowest BCUT2D eigenvalue weighted by Crippen LogP contribution is -2.42. The first kappa shape index (κ1) is 17.1. The third-order valence-corrected chi connectivity index (χ3v) is 5.67. The molecule has 0 spiro atoms. The number of hydrogen-bond donors (Lipinski definition) is 0. The molecular weight excluding hydrogens is 324 g/mol. The summed E-state index contributed by atoms with van der Waals surface area (Å²) in [6.07, 6.45) is 1.10. The molecule has 0 N–H and O–H groups in total. The van der Waals surface area contributed by atoms with Crippen LogP contribution in [0.15, 0.2) is 24.3 Å². The second-order valence-electron chi connectivity index (χ2n) is 6.24. The average molecular weight is 348 g/mol. The molecule has 6 heteroatoms. The Morgan fingerprint density at radius 1 is 1.29 bits per heavy atom. The normalized spacial score (nSPS) is 21.2. The van der Waals surface area contributed by atoms with E-state index in [1.54, 1.807) is 7.11 Å². The molecule has 1 aromatic carbocycles. The van der Waals surface area contributed by atoms with Crippen LogP contribution in [0.2, 0.25) is 0 Å². The number of para-hydroxylation sites is 1. The van der Waals surface area contributed by atoms with Crippen molar-refractivity contribution in [3.63, 3.8) is 0 Å². The Balaban J connectivity index is 1.56. The van der Waals surface area contributed by atoms with Gasteiger partial charge in [-0.05, 0) is 18.1 Å². The highest BCUT2D eigenvalue weighted by atomic mass is 32.2. The van der Waals surface area contributed by atoms with Crippen LogP contribution in [-0.4, -0.2) is 66.4 Å². The Morgan fingerprint density at radius 2 is 2.04 bits per heavy atom. The summed E-state index contributed by atoms with van der Waals surface area (Å²) >= 11 is 1.89. The van der Waals surface area contributed by atoms with Crippen LogP contribution >= 0.6 is 11.8 Å². The van der Waals surface area contributed by atoms with Gasteiger partial charge in [-0.1, -0.05) is 18.2 Å². The lowest BCUT2D eigenvalue weighted by Gasteiger charge is -2.28. The summed E-state index contributed by atoms with van der Waals surface area (Å²) in [5.41, 5.74) is 1.09. The van der Waals surface area contributed by atoms with Crippen LogP contribution in [0.1, 0.15) is 12.0 Å².